The predicted octanol–water partition coefficient (Wildman–Crippen LogP) is 0.740. The average Bonchev–Trinajstić information content (AvgIpc) is 2.40. The molecule has 0 radical (unpaired) electrons. The zero-order chi connectivity index (χ0) is 16.0. The van der Waals surface area contributed by atoms with Crippen LogP contribution in [-0.4, -0.2) is 33.3 Å². The van der Waals surface area contributed by atoms with E-state index in [0.29, 0.717) is 6.54 Å². The van der Waals surface area contributed by atoms with Crippen LogP contribution >= 0.6 is 0 Å². The first kappa shape index (κ1) is 16.9. The van der Waals surface area contributed by atoms with Gasteiger partial charge in [-0.1, -0.05) is 20.8 Å². The maximum atomic E-state index is 12.0. The highest BCUT2D eigenvalue weighted by molar-refractivity contribution is 5.92. The number of nitrogens with zero attached hydrogens (tertiary/aromatic N) is 2. The number of amides is 1. The molecule has 0 aliphatic heterocycles. The van der Waals surface area contributed by atoms with Crippen molar-refractivity contribution in [2.45, 2.75) is 33.7 Å². The van der Waals surface area contributed by atoms with Gasteiger partial charge in [0.05, 0.1) is 5.92 Å². The number of rotatable bonds is 7. The molecule has 1 amide bonds. The minimum Gasteiger partial charge on any atom is -0.481 e. The Labute approximate surface area is 123 Å². The Morgan fingerprint density at radius 2 is 2.05 bits per heavy atom. The van der Waals surface area contributed by atoms with Crippen LogP contribution in [0.2, 0.25) is 0 Å². The molecule has 0 aliphatic carbocycles. The van der Waals surface area contributed by atoms with Crippen LogP contribution in [0.25, 0.3) is 0 Å². The van der Waals surface area contributed by atoms with Gasteiger partial charge in [-0.25, -0.2) is 4.68 Å². The summed E-state index contributed by atoms with van der Waals surface area (Å²) in [4.78, 5) is 34.6. The molecular weight excluding hydrogens is 274 g/mol. The molecule has 116 valence electrons. The second-order valence-corrected chi connectivity index (χ2v) is 5.18. The molecule has 0 fully saturated rings. The zero-order valence-electron chi connectivity index (χ0n) is 12.5. The van der Waals surface area contributed by atoms with Crippen molar-refractivity contribution in [1.82, 2.24) is 15.1 Å². The summed E-state index contributed by atoms with van der Waals surface area (Å²) in [6, 6.07) is 2.63. The zero-order valence-corrected chi connectivity index (χ0v) is 12.5. The van der Waals surface area contributed by atoms with Crippen molar-refractivity contribution in [2.24, 2.45) is 11.8 Å². The molecule has 0 saturated heterocycles. The quantitative estimate of drug-likeness (QED) is 0.772. The Morgan fingerprint density at radius 1 is 1.38 bits per heavy atom. The summed E-state index contributed by atoms with van der Waals surface area (Å²) in [6.07, 6.45) is 0.729. The van der Waals surface area contributed by atoms with E-state index < -0.39 is 17.8 Å². The third kappa shape index (κ3) is 4.70. The summed E-state index contributed by atoms with van der Waals surface area (Å²) >= 11 is 0. The van der Waals surface area contributed by atoms with Crippen molar-refractivity contribution in [3.63, 3.8) is 0 Å². The maximum absolute atomic E-state index is 12.0. The SMILES string of the molecule is CCCn1nc(C(=O)NCC(C(=O)O)C(C)C)ccc1=O. The molecule has 0 spiro atoms. The Bertz CT molecular complexity index is 566. The highest BCUT2D eigenvalue weighted by Crippen LogP contribution is 2.09. The minimum absolute atomic E-state index is 0.0282. The number of aryl methyl sites for hydroxylation is 1. The van der Waals surface area contributed by atoms with Gasteiger partial charge in [0.25, 0.3) is 11.5 Å². The van der Waals surface area contributed by atoms with E-state index in [4.69, 9.17) is 5.11 Å². The molecule has 1 rings (SSSR count). The first-order valence-corrected chi connectivity index (χ1v) is 6.96. The number of hydrogen-bond donors (Lipinski definition) is 2. The largest absolute Gasteiger partial charge is 0.481 e. The van der Waals surface area contributed by atoms with Crippen LogP contribution in [0, 0.1) is 11.8 Å². The van der Waals surface area contributed by atoms with Crippen molar-refractivity contribution in [1.29, 1.82) is 0 Å². The number of carbonyl (C=O) groups excluding carboxylic acids is 1. The molecule has 7 nitrogen and oxygen atoms in total. The van der Waals surface area contributed by atoms with Crippen LogP contribution in [0.15, 0.2) is 16.9 Å². The smallest absolute Gasteiger partial charge is 0.308 e. The number of hydrogen-bond acceptors (Lipinski definition) is 4. The molecular formula is C14H21N3O4. The molecule has 1 aromatic heterocycles. The Balaban J connectivity index is 2.78. The molecule has 2 N–H and O–H groups in total. The topological polar surface area (TPSA) is 101 Å². The minimum atomic E-state index is -0.950. The van der Waals surface area contributed by atoms with E-state index in [1.807, 2.05) is 6.92 Å². The first-order valence-electron chi connectivity index (χ1n) is 6.96. The van der Waals surface area contributed by atoms with Gasteiger partial charge in [-0.3, -0.25) is 14.4 Å². The summed E-state index contributed by atoms with van der Waals surface area (Å²) in [5.41, 5.74) is -0.157. The fourth-order valence-corrected chi connectivity index (χ4v) is 1.84. The van der Waals surface area contributed by atoms with E-state index in [-0.39, 0.29) is 23.7 Å². The predicted molar refractivity (Wildman–Crippen MR) is 77.1 cm³/mol. The summed E-state index contributed by atoms with van der Waals surface area (Å²) < 4.78 is 1.23. The van der Waals surface area contributed by atoms with Gasteiger partial charge in [0.15, 0.2) is 0 Å². The normalized spacial score (nSPS) is 12.2. The summed E-state index contributed by atoms with van der Waals surface area (Å²) in [5, 5.41) is 15.6. The van der Waals surface area contributed by atoms with Gasteiger partial charge in [0, 0.05) is 19.2 Å². The van der Waals surface area contributed by atoms with Crippen LogP contribution in [0.3, 0.4) is 0 Å². The van der Waals surface area contributed by atoms with E-state index in [2.05, 4.69) is 10.4 Å². The summed E-state index contributed by atoms with van der Waals surface area (Å²) in [5.74, 6) is -2.18. The highest BCUT2D eigenvalue weighted by atomic mass is 16.4. The van der Waals surface area contributed by atoms with Gasteiger partial charge in [0.1, 0.15) is 5.69 Å². The van der Waals surface area contributed by atoms with Gasteiger partial charge >= 0.3 is 5.97 Å². The fraction of sp³-hybridized carbons (Fsp3) is 0.571. The van der Waals surface area contributed by atoms with Crippen LogP contribution in [-0.2, 0) is 11.3 Å². The molecule has 1 heterocycles. The van der Waals surface area contributed by atoms with Gasteiger partial charge in [-0.2, -0.15) is 5.10 Å². The first-order chi connectivity index (χ1) is 9.86. The fourth-order valence-electron chi connectivity index (χ4n) is 1.84. The standard InChI is InChI=1S/C14H21N3O4/c1-4-7-17-12(18)6-5-11(16-17)13(19)15-8-10(9(2)3)14(20)21/h5-6,9-10H,4,7-8H2,1-3H3,(H,15,19)(H,20,21). The van der Waals surface area contributed by atoms with Gasteiger partial charge in [-0.15, -0.1) is 0 Å². The lowest BCUT2D eigenvalue weighted by atomic mass is 9.96. The molecule has 1 aromatic rings. The van der Waals surface area contributed by atoms with E-state index in [1.54, 1.807) is 13.8 Å². The second-order valence-electron chi connectivity index (χ2n) is 5.18. The highest BCUT2D eigenvalue weighted by Gasteiger charge is 2.22. The molecule has 0 bridgehead atoms. The lowest BCUT2D eigenvalue weighted by Gasteiger charge is -2.16. The maximum Gasteiger partial charge on any atom is 0.308 e. The molecule has 0 aromatic carbocycles. The molecule has 7 heteroatoms. The number of aliphatic carboxylic acids is 1. The average molecular weight is 295 g/mol. The molecule has 21 heavy (non-hydrogen) atoms. The number of aromatic nitrogens is 2. The van der Waals surface area contributed by atoms with Crippen molar-refractivity contribution < 1.29 is 14.7 Å². The van der Waals surface area contributed by atoms with Gasteiger partial charge < -0.3 is 10.4 Å². The molecule has 0 aliphatic rings. The van der Waals surface area contributed by atoms with E-state index in [9.17, 15) is 14.4 Å². The van der Waals surface area contributed by atoms with Crippen LogP contribution < -0.4 is 10.9 Å². The van der Waals surface area contributed by atoms with Gasteiger partial charge in [-0.05, 0) is 18.4 Å². The lowest BCUT2D eigenvalue weighted by Crippen LogP contribution is -2.36. The van der Waals surface area contributed by atoms with Crippen molar-refractivity contribution in [2.75, 3.05) is 6.54 Å². The van der Waals surface area contributed by atoms with E-state index in [0.717, 1.165) is 6.42 Å². The monoisotopic (exact) mass is 295 g/mol. The Kier molecular flexibility index (Phi) is 6.08. The van der Waals surface area contributed by atoms with Crippen LogP contribution in [0.4, 0.5) is 0 Å². The van der Waals surface area contributed by atoms with E-state index in [1.165, 1.54) is 16.8 Å². The number of nitrogens with one attached hydrogen (secondary N) is 1. The van der Waals surface area contributed by atoms with Crippen LogP contribution in [0.1, 0.15) is 37.7 Å². The Morgan fingerprint density at radius 3 is 2.57 bits per heavy atom. The van der Waals surface area contributed by atoms with E-state index >= 15 is 0 Å². The third-order valence-corrected chi connectivity index (χ3v) is 3.14. The van der Waals surface area contributed by atoms with Crippen LogP contribution in [0.5, 0.6) is 0 Å². The van der Waals surface area contributed by atoms with Crippen molar-refractivity contribution in [3.05, 3.63) is 28.2 Å². The van der Waals surface area contributed by atoms with Gasteiger partial charge in [0.2, 0.25) is 0 Å². The summed E-state index contributed by atoms with van der Waals surface area (Å²) in [7, 11) is 0. The number of carbonyl (C=O) groups is 2. The molecule has 1 atom stereocenters. The molecule has 0 saturated carbocycles. The van der Waals surface area contributed by atoms with Crippen molar-refractivity contribution >= 4 is 11.9 Å². The lowest BCUT2D eigenvalue weighted by molar-refractivity contribution is -0.142. The summed E-state index contributed by atoms with van der Waals surface area (Å²) in [6.45, 7) is 5.93. The van der Waals surface area contributed by atoms with Crippen molar-refractivity contribution in [3.8, 4) is 0 Å². The molecule has 1 unspecified atom stereocenters. The number of carboxylic acids is 1. The second kappa shape index (κ2) is 7.56. The third-order valence-electron chi connectivity index (χ3n) is 3.14. The number of carboxylic acid groups (broad SMARTS) is 1. The Hall–Kier alpha value is -2.18.